The van der Waals surface area contributed by atoms with Gasteiger partial charge < -0.3 is 10.6 Å². The molecule has 0 bridgehead atoms. The Morgan fingerprint density at radius 3 is 2.65 bits per heavy atom. The highest BCUT2D eigenvalue weighted by Crippen LogP contribution is 2.28. The molecule has 3 nitrogen and oxygen atoms in total. The molecule has 0 radical (unpaired) electrons. The summed E-state index contributed by atoms with van der Waals surface area (Å²) in [6.07, 6.45) is 3.15. The van der Waals surface area contributed by atoms with E-state index in [9.17, 15) is 4.79 Å². The van der Waals surface area contributed by atoms with Gasteiger partial charge in [0.05, 0.1) is 10.9 Å². The molecule has 1 aliphatic rings. The van der Waals surface area contributed by atoms with Crippen LogP contribution >= 0.6 is 12.2 Å². The number of carbonyl (C=O) groups is 1. The van der Waals surface area contributed by atoms with Gasteiger partial charge in [0.2, 0.25) is 5.91 Å². The Morgan fingerprint density at radius 2 is 2.00 bits per heavy atom. The van der Waals surface area contributed by atoms with E-state index in [1.807, 2.05) is 36.9 Å². The quantitative estimate of drug-likeness (QED) is 0.871. The molecule has 0 spiro atoms. The van der Waals surface area contributed by atoms with Crippen molar-refractivity contribution in [3.05, 3.63) is 29.8 Å². The molecule has 0 saturated heterocycles. The number of rotatable bonds is 3. The summed E-state index contributed by atoms with van der Waals surface area (Å²) in [5, 5.41) is 0. The number of amides is 1. The van der Waals surface area contributed by atoms with Gasteiger partial charge in [-0.15, -0.1) is 0 Å². The molecule has 2 rings (SSSR count). The van der Waals surface area contributed by atoms with Crippen LogP contribution in [0.5, 0.6) is 0 Å². The Labute approximate surface area is 126 Å². The first-order chi connectivity index (χ1) is 9.52. The van der Waals surface area contributed by atoms with Gasteiger partial charge >= 0.3 is 0 Å². The highest BCUT2D eigenvalue weighted by molar-refractivity contribution is 7.80. The third-order valence-electron chi connectivity index (χ3n) is 3.87. The van der Waals surface area contributed by atoms with Crippen LogP contribution in [0.3, 0.4) is 0 Å². The second-order valence-corrected chi connectivity index (χ2v) is 6.17. The minimum Gasteiger partial charge on any atom is -0.393 e. The Bertz CT molecular complexity index is 513. The number of anilines is 1. The normalized spacial score (nSPS) is 16.4. The number of para-hydroxylation sites is 1. The standard InChI is InChI=1S/C16H22N2OS/c1-11(2)14(15(17)20)16(19)18-10-6-5-8-12-7-3-4-9-13(12)18/h3-4,7,9,11,14H,5-6,8,10H2,1-2H3,(H2,17,20). The van der Waals surface area contributed by atoms with Crippen LogP contribution in [0.1, 0.15) is 32.3 Å². The second-order valence-electron chi connectivity index (χ2n) is 5.70. The summed E-state index contributed by atoms with van der Waals surface area (Å²) >= 11 is 5.10. The first-order valence-electron chi connectivity index (χ1n) is 7.21. The smallest absolute Gasteiger partial charge is 0.237 e. The minimum absolute atomic E-state index is 0.0434. The van der Waals surface area contributed by atoms with E-state index in [2.05, 4.69) is 6.07 Å². The molecule has 1 aromatic rings. The minimum atomic E-state index is -0.379. The molecule has 4 heteroatoms. The first kappa shape index (κ1) is 15.0. The van der Waals surface area contributed by atoms with Gasteiger partial charge in [0.1, 0.15) is 0 Å². The lowest BCUT2D eigenvalue weighted by molar-refractivity contribution is -0.121. The van der Waals surface area contributed by atoms with Gasteiger partial charge in [-0.1, -0.05) is 44.3 Å². The summed E-state index contributed by atoms with van der Waals surface area (Å²) in [6, 6.07) is 8.14. The van der Waals surface area contributed by atoms with Crippen LogP contribution in [0.15, 0.2) is 24.3 Å². The summed E-state index contributed by atoms with van der Waals surface area (Å²) in [5.41, 5.74) is 8.05. The molecule has 1 unspecified atom stereocenters. The predicted molar refractivity (Wildman–Crippen MR) is 86.8 cm³/mol. The van der Waals surface area contributed by atoms with Crippen molar-refractivity contribution in [3.63, 3.8) is 0 Å². The highest BCUT2D eigenvalue weighted by atomic mass is 32.1. The topological polar surface area (TPSA) is 46.3 Å². The number of thiocarbonyl (C=S) groups is 1. The van der Waals surface area contributed by atoms with Crippen molar-refractivity contribution in [3.8, 4) is 0 Å². The molecule has 20 heavy (non-hydrogen) atoms. The van der Waals surface area contributed by atoms with Gasteiger partial charge in [0.25, 0.3) is 0 Å². The number of nitrogens with zero attached hydrogens (tertiary/aromatic N) is 1. The molecule has 0 aromatic heterocycles. The summed E-state index contributed by atoms with van der Waals surface area (Å²) in [6.45, 7) is 4.73. The molecule has 1 aromatic carbocycles. The predicted octanol–water partition coefficient (Wildman–Crippen LogP) is 2.91. The van der Waals surface area contributed by atoms with Crippen LogP contribution in [0, 0.1) is 11.8 Å². The van der Waals surface area contributed by atoms with E-state index < -0.39 is 0 Å². The average molecular weight is 290 g/mol. The number of nitrogens with two attached hydrogens (primary N) is 1. The number of fused-ring (bicyclic) bond motifs is 1. The van der Waals surface area contributed by atoms with E-state index in [-0.39, 0.29) is 17.7 Å². The fourth-order valence-electron chi connectivity index (χ4n) is 2.82. The number of hydrogen-bond donors (Lipinski definition) is 1. The second kappa shape index (κ2) is 6.35. The summed E-state index contributed by atoms with van der Waals surface area (Å²) in [7, 11) is 0. The SMILES string of the molecule is CC(C)C(C(=O)N1CCCCc2ccccc21)C(N)=S. The maximum atomic E-state index is 12.9. The number of benzene rings is 1. The average Bonchev–Trinajstić information content (AvgIpc) is 2.59. The van der Waals surface area contributed by atoms with Crippen molar-refractivity contribution >= 4 is 28.8 Å². The zero-order chi connectivity index (χ0) is 14.7. The third kappa shape index (κ3) is 3.01. The molecule has 1 amide bonds. The maximum Gasteiger partial charge on any atom is 0.237 e. The van der Waals surface area contributed by atoms with Gasteiger partial charge in [-0.05, 0) is 36.8 Å². The Hall–Kier alpha value is -1.42. The molecule has 1 heterocycles. The van der Waals surface area contributed by atoms with Crippen molar-refractivity contribution in [2.45, 2.75) is 33.1 Å². The third-order valence-corrected chi connectivity index (χ3v) is 4.12. The van der Waals surface area contributed by atoms with Crippen molar-refractivity contribution in [1.82, 2.24) is 0 Å². The summed E-state index contributed by atoms with van der Waals surface area (Å²) in [4.78, 5) is 15.0. The molecule has 0 fully saturated rings. The van der Waals surface area contributed by atoms with Gasteiger partial charge in [-0.25, -0.2) is 0 Å². The Morgan fingerprint density at radius 1 is 1.30 bits per heavy atom. The number of aryl methyl sites for hydroxylation is 1. The molecule has 0 aliphatic carbocycles. The molecular weight excluding hydrogens is 268 g/mol. The molecule has 2 N–H and O–H groups in total. The van der Waals surface area contributed by atoms with Crippen molar-refractivity contribution in [2.24, 2.45) is 17.6 Å². The van der Waals surface area contributed by atoms with Crippen LogP contribution in [0.4, 0.5) is 5.69 Å². The summed E-state index contributed by atoms with van der Waals surface area (Å²) in [5.74, 6) is -0.214. The Kier molecular flexibility index (Phi) is 4.76. The fourth-order valence-corrected chi connectivity index (χ4v) is 3.20. The number of carbonyl (C=O) groups excluding carboxylic acids is 1. The van der Waals surface area contributed by atoms with Gasteiger partial charge in [0.15, 0.2) is 0 Å². The van der Waals surface area contributed by atoms with Crippen molar-refractivity contribution in [2.75, 3.05) is 11.4 Å². The summed E-state index contributed by atoms with van der Waals surface area (Å²) < 4.78 is 0. The lowest BCUT2D eigenvalue weighted by atomic mass is 9.94. The Balaban J connectivity index is 2.36. The van der Waals surface area contributed by atoms with Crippen LogP contribution in [-0.4, -0.2) is 17.4 Å². The molecule has 1 atom stereocenters. The largest absolute Gasteiger partial charge is 0.393 e. The van der Waals surface area contributed by atoms with Gasteiger partial charge in [-0.2, -0.15) is 0 Å². The van der Waals surface area contributed by atoms with Gasteiger partial charge in [-0.3, -0.25) is 4.79 Å². The van der Waals surface area contributed by atoms with E-state index >= 15 is 0 Å². The van der Waals surface area contributed by atoms with E-state index in [1.165, 1.54) is 5.56 Å². The van der Waals surface area contributed by atoms with Gasteiger partial charge in [0, 0.05) is 12.2 Å². The molecular formula is C16H22N2OS. The van der Waals surface area contributed by atoms with E-state index in [4.69, 9.17) is 18.0 Å². The first-order valence-corrected chi connectivity index (χ1v) is 7.61. The zero-order valence-corrected chi connectivity index (χ0v) is 13.0. The van der Waals surface area contributed by atoms with Crippen molar-refractivity contribution < 1.29 is 4.79 Å². The van der Waals surface area contributed by atoms with Crippen LogP contribution in [0.2, 0.25) is 0 Å². The van der Waals surface area contributed by atoms with E-state index in [1.54, 1.807) is 0 Å². The highest BCUT2D eigenvalue weighted by Gasteiger charge is 2.31. The van der Waals surface area contributed by atoms with Crippen molar-refractivity contribution in [1.29, 1.82) is 0 Å². The van der Waals surface area contributed by atoms with Crippen LogP contribution in [0.25, 0.3) is 0 Å². The lowest BCUT2D eigenvalue weighted by Gasteiger charge is -2.29. The fraction of sp³-hybridized carbons (Fsp3) is 0.500. The molecule has 1 aliphatic heterocycles. The maximum absolute atomic E-state index is 12.9. The monoisotopic (exact) mass is 290 g/mol. The van der Waals surface area contributed by atoms with E-state index in [0.717, 1.165) is 31.5 Å². The lowest BCUT2D eigenvalue weighted by Crippen LogP contribution is -2.44. The van der Waals surface area contributed by atoms with Crippen LogP contribution in [-0.2, 0) is 11.2 Å². The zero-order valence-electron chi connectivity index (χ0n) is 12.1. The van der Waals surface area contributed by atoms with E-state index in [0.29, 0.717) is 4.99 Å². The molecule has 0 saturated carbocycles. The molecule has 108 valence electrons. The van der Waals surface area contributed by atoms with Crippen LogP contribution < -0.4 is 10.6 Å². The number of hydrogen-bond acceptors (Lipinski definition) is 2.